The van der Waals surface area contributed by atoms with Crippen LogP contribution in [0, 0.1) is 27.7 Å². The third-order valence-corrected chi connectivity index (χ3v) is 4.42. The number of nitrogens with zero attached hydrogens (tertiary/aromatic N) is 2. The maximum absolute atomic E-state index is 4.78. The average Bonchev–Trinajstić information content (AvgIpc) is 3.22. The first-order chi connectivity index (χ1) is 10.1. The van der Waals surface area contributed by atoms with Gasteiger partial charge in [-0.2, -0.15) is 5.10 Å². The number of aromatic nitrogens is 2. The monoisotopic (exact) mass is 283 g/mol. The fourth-order valence-electron chi connectivity index (χ4n) is 2.91. The van der Waals surface area contributed by atoms with Crippen molar-refractivity contribution >= 4 is 0 Å². The summed E-state index contributed by atoms with van der Waals surface area (Å²) in [6.45, 7) is 9.66. The molecule has 0 radical (unpaired) electrons. The highest BCUT2D eigenvalue weighted by molar-refractivity contribution is 5.45. The molecule has 1 N–H and O–H groups in total. The quantitative estimate of drug-likeness (QED) is 0.911. The van der Waals surface area contributed by atoms with E-state index in [1.54, 1.807) is 0 Å². The summed E-state index contributed by atoms with van der Waals surface area (Å²) in [4.78, 5) is 0. The normalized spacial score (nSPS) is 14.7. The Hall–Kier alpha value is -1.61. The Morgan fingerprint density at radius 1 is 1.19 bits per heavy atom. The highest BCUT2D eigenvalue weighted by atomic mass is 15.3. The smallest absolute Gasteiger partial charge is 0.0680 e. The van der Waals surface area contributed by atoms with Crippen molar-refractivity contribution in [3.05, 3.63) is 46.3 Å². The number of benzene rings is 1. The van der Waals surface area contributed by atoms with Gasteiger partial charge in [0.05, 0.1) is 11.4 Å². The molecule has 1 aromatic heterocycles. The van der Waals surface area contributed by atoms with E-state index in [9.17, 15) is 0 Å². The molecular formula is C18H25N3. The van der Waals surface area contributed by atoms with Gasteiger partial charge in [0.1, 0.15) is 0 Å². The molecule has 0 spiro atoms. The fourth-order valence-corrected chi connectivity index (χ4v) is 2.91. The van der Waals surface area contributed by atoms with E-state index >= 15 is 0 Å². The lowest BCUT2D eigenvalue weighted by Gasteiger charge is -2.10. The third kappa shape index (κ3) is 3.03. The number of rotatable bonds is 5. The lowest BCUT2D eigenvalue weighted by atomic mass is 10.1. The summed E-state index contributed by atoms with van der Waals surface area (Å²) in [6.07, 6.45) is 3.76. The Bertz CT molecular complexity index is 651. The lowest BCUT2D eigenvalue weighted by molar-refractivity contribution is 0.679. The molecule has 0 unspecified atom stereocenters. The van der Waals surface area contributed by atoms with Gasteiger partial charge in [0, 0.05) is 11.7 Å². The van der Waals surface area contributed by atoms with Crippen LogP contribution in [0.5, 0.6) is 0 Å². The summed E-state index contributed by atoms with van der Waals surface area (Å²) in [5, 5.41) is 8.38. The van der Waals surface area contributed by atoms with Gasteiger partial charge in [-0.05, 0) is 76.3 Å². The molecule has 3 heteroatoms. The van der Waals surface area contributed by atoms with Crippen LogP contribution in [0.4, 0.5) is 0 Å². The van der Waals surface area contributed by atoms with E-state index in [1.165, 1.54) is 40.9 Å². The number of aryl methyl sites for hydroxylation is 3. The molecule has 0 saturated heterocycles. The maximum atomic E-state index is 4.78. The van der Waals surface area contributed by atoms with Crippen LogP contribution >= 0.6 is 0 Å². The van der Waals surface area contributed by atoms with Gasteiger partial charge in [0.15, 0.2) is 0 Å². The topological polar surface area (TPSA) is 29.9 Å². The van der Waals surface area contributed by atoms with Crippen LogP contribution in [0.25, 0.3) is 5.69 Å². The van der Waals surface area contributed by atoms with Gasteiger partial charge in [-0.25, -0.2) is 4.68 Å². The second-order valence-corrected chi connectivity index (χ2v) is 6.33. The van der Waals surface area contributed by atoms with E-state index < -0.39 is 0 Å². The van der Waals surface area contributed by atoms with Gasteiger partial charge < -0.3 is 5.32 Å². The Labute approximate surface area is 127 Å². The van der Waals surface area contributed by atoms with Crippen molar-refractivity contribution in [2.24, 2.45) is 0 Å². The van der Waals surface area contributed by atoms with Crippen molar-refractivity contribution in [2.45, 2.75) is 53.0 Å². The highest BCUT2D eigenvalue weighted by Gasteiger charge is 2.20. The molecule has 21 heavy (non-hydrogen) atoms. The molecule has 1 aromatic carbocycles. The molecule has 1 fully saturated rings. The number of hydrogen-bond donors (Lipinski definition) is 1. The minimum atomic E-state index is 0.777. The lowest BCUT2D eigenvalue weighted by Crippen LogP contribution is -2.19. The van der Waals surface area contributed by atoms with Crippen LogP contribution in [0.2, 0.25) is 0 Å². The van der Waals surface area contributed by atoms with E-state index in [4.69, 9.17) is 5.10 Å². The highest BCUT2D eigenvalue weighted by Crippen LogP contribution is 2.22. The third-order valence-electron chi connectivity index (χ3n) is 4.42. The Kier molecular flexibility index (Phi) is 3.85. The zero-order valence-corrected chi connectivity index (χ0v) is 13.5. The Morgan fingerprint density at radius 3 is 2.67 bits per heavy atom. The Balaban J connectivity index is 1.87. The van der Waals surface area contributed by atoms with E-state index in [2.05, 4.69) is 55.9 Å². The molecular weight excluding hydrogens is 258 g/mol. The minimum absolute atomic E-state index is 0.777. The van der Waals surface area contributed by atoms with Gasteiger partial charge in [0.25, 0.3) is 0 Å². The zero-order valence-electron chi connectivity index (χ0n) is 13.5. The maximum Gasteiger partial charge on any atom is 0.0680 e. The number of hydrogen-bond acceptors (Lipinski definition) is 2. The first-order valence-electron chi connectivity index (χ1n) is 7.92. The minimum Gasteiger partial charge on any atom is -0.314 e. The molecule has 1 aliphatic rings. The van der Waals surface area contributed by atoms with Gasteiger partial charge in [-0.1, -0.05) is 12.1 Å². The number of nitrogens with one attached hydrogen (secondary N) is 1. The van der Waals surface area contributed by atoms with E-state index in [-0.39, 0.29) is 0 Å². The van der Waals surface area contributed by atoms with Crippen molar-refractivity contribution < 1.29 is 0 Å². The van der Waals surface area contributed by atoms with Gasteiger partial charge in [0.2, 0.25) is 0 Å². The Morgan fingerprint density at radius 2 is 1.95 bits per heavy atom. The second-order valence-electron chi connectivity index (χ2n) is 6.33. The molecule has 0 aliphatic heterocycles. The van der Waals surface area contributed by atoms with Gasteiger partial charge in [-0.3, -0.25) is 0 Å². The molecule has 1 heterocycles. The van der Waals surface area contributed by atoms with Crippen molar-refractivity contribution in [3.8, 4) is 5.69 Å². The van der Waals surface area contributed by atoms with Gasteiger partial charge >= 0.3 is 0 Å². The SMILES string of the molecule is Cc1ccc(C)c(-n2nc(C)c(CCNC3CC3)c2C)c1. The first-order valence-corrected chi connectivity index (χ1v) is 7.92. The zero-order chi connectivity index (χ0) is 15.0. The predicted octanol–water partition coefficient (Wildman–Crippen LogP) is 3.40. The van der Waals surface area contributed by atoms with Crippen LogP contribution in [0.15, 0.2) is 18.2 Å². The summed E-state index contributed by atoms with van der Waals surface area (Å²) in [5.74, 6) is 0. The average molecular weight is 283 g/mol. The summed E-state index contributed by atoms with van der Waals surface area (Å²) >= 11 is 0. The first kappa shape index (κ1) is 14.3. The molecule has 0 bridgehead atoms. The molecule has 3 nitrogen and oxygen atoms in total. The van der Waals surface area contributed by atoms with Crippen LogP contribution in [-0.2, 0) is 6.42 Å². The molecule has 0 amide bonds. The summed E-state index contributed by atoms with van der Waals surface area (Å²) in [7, 11) is 0. The van der Waals surface area contributed by atoms with Crippen LogP contribution in [0.1, 0.15) is 40.9 Å². The molecule has 0 atom stereocenters. The van der Waals surface area contributed by atoms with Crippen molar-refractivity contribution in [3.63, 3.8) is 0 Å². The molecule has 1 saturated carbocycles. The van der Waals surface area contributed by atoms with Crippen LogP contribution < -0.4 is 5.32 Å². The second kappa shape index (κ2) is 5.64. The molecule has 1 aliphatic carbocycles. The van der Waals surface area contributed by atoms with E-state index in [0.717, 1.165) is 24.7 Å². The summed E-state index contributed by atoms with van der Waals surface area (Å²) < 4.78 is 2.12. The van der Waals surface area contributed by atoms with Crippen molar-refractivity contribution in [2.75, 3.05) is 6.54 Å². The summed E-state index contributed by atoms with van der Waals surface area (Å²) in [6, 6.07) is 7.33. The standard InChI is InChI=1S/C18H25N3/c1-12-5-6-13(2)18(11-12)21-15(4)17(14(3)20-21)9-10-19-16-7-8-16/h5-6,11,16,19H,7-10H2,1-4H3. The fraction of sp³-hybridized carbons (Fsp3) is 0.500. The summed E-state index contributed by atoms with van der Waals surface area (Å²) in [5.41, 5.74) is 7.58. The van der Waals surface area contributed by atoms with E-state index in [0.29, 0.717) is 0 Å². The van der Waals surface area contributed by atoms with Crippen molar-refractivity contribution in [1.29, 1.82) is 0 Å². The molecule has 112 valence electrons. The molecule has 2 aromatic rings. The largest absolute Gasteiger partial charge is 0.314 e. The molecule has 3 rings (SSSR count). The van der Waals surface area contributed by atoms with Crippen LogP contribution in [0.3, 0.4) is 0 Å². The van der Waals surface area contributed by atoms with Gasteiger partial charge in [-0.15, -0.1) is 0 Å². The van der Waals surface area contributed by atoms with E-state index in [1.807, 2.05) is 0 Å². The van der Waals surface area contributed by atoms with Crippen LogP contribution in [-0.4, -0.2) is 22.4 Å². The van der Waals surface area contributed by atoms with Crippen molar-refractivity contribution in [1.82, 2.24) is 15.1 Å². The predicted molar refractivity (Wildman–Crippen MR) is 87.2 cm³/mol.